The molecular weight excluding hydrogens is 156 g/mol. The summed E-state index contributed by atoms with van der Waals surface area (Å²) in [4.78, 5) is 0. The van der Waals surface area contributed by atoms with Crippen molar-refractivity contribution < 1.29 is 14.9 Å². The molecular formula is C9H18O3. The first-order valence-corrected chi connectivity index (χ1v) is 4.52. The van der Waals surface area contributed by atoms with Gasteiger partial charge in [-0.2, -0.15) is 0 Å². The van der Waals surface area contributed by atoms with Crippen molar-refractivity contribution in [2.75, 3.05) is 6.61 Å². The van der Waals surface area contributed by atoms with E-state index in [9.17, 15) is 5.11 Å². The SMILES string of the molecule is CC1[C@@H](C)[C@@H](O)C(CO)O[C@@H]1C. The highest BCUT2D eigenvalue weighted by Crippen LogP contribution is 2.29. The van der Waals surface area contributed by atoms with Crippen LogP contribution in [0.5, 0.6) is 0 Å². The van der Waals surface area contributed by atoms with Crippen molar-refractivity contribution in [1.82, 2.24) is 0 Å². The number of hydrogen-bond donors (Lipinski definition) is 2. The van der Waals surface area contributed by atoms with Gasteiger partial charge in [-0.1, -0.05) is 13.8 Å². The van der Waals surface area contributed by atoms with Crippen LogP contribution in [0.2, 0.25) is 0 Å². The van der Waals surface area contributed by atoms with Crippen molar-refractivity contribution in [2.24, 2.45) is 11.8 Å². The summed E-state index contributed by atoms with van der Waals surface area (Å²) in [6, 6.07) is 0. The van der Waals surface area contributed by atoms with Gasteiger partial charge in [0.15, 0.2) is 0 Å². The van der Waals surface area contributed by atoms with Crippen molar-refractivity contribution in [1.29, 1.82) is 0 Å². The zero-order valence-electron chi connectivity index (χ0n) is 7.90. The maximum atomic E-state index is 9.64. The number of hydrogen-bond acceptors (Lipinski definition) is 3. The van der Waals surface area contributed by atoms with Crippen LogP contribution in [0.1, 0.15) is 20.8 Å². The Morgan fingerprint density at radius 2 is 1.75 bits per heavy atom. The largest absolute Gasteiger partial charge is 0.394 e. The van der Waals surface area contributed by atoms with Crippen LogP contribution in [-0.2, 0) is 4.74 Å². The van der Waals surface area contributed by atoms with E-state index < -0.39 is 12.2 Å². The Labute approximate surface area is 73.4 Å². The predicted molar refractivity (Wildman–Crippen MR) is 45.8 cm³/mol. The number of rotatable bonds is 1. The van der Waals surface area contributed by atoms with Crippen molar-refractivity contribution >= 4 is 0 Å². The molecule has 0 amide bonds. The van der Waals surface area contributed by atoms with Crippen LogP contribution in [0.4, 0.5) is 0 Å². The lowest BCUT2D eigenvalue weighted by atomic mass is 9.82. The van der Waals surface area contributed by atoms with Gasteiger partial charge in [-0.05, 0) is 18.8 Å². The van der Waals surface area contributed by atoms with E-state index in [1.807, 2.05) is 13.8 Å². The molecule has 0 bridgehead atoms. The molecule has 0 aromatic carbocycles. The van der Waals surface area contributed by atoms with Crippen molar-refractivity contribution in [2.45, 2.75) is 39.1 Å². The van der Waals surface area contributed by atoms with Gasteiger partial charge in [0.05, 0.1) is 18.8 Å². The molecule has 0 aromatic rings. The average molecular weight is 174 g/mol. The molecule has 0 aliphatic carbocycles. The third-order valence-electron chi connectivity index (χ3n) is 3.06. The lowest BCUT2D eigenvalue weighted by Gasteiger charge is -2.40. The number of aliphatic hydroxyl groups is 2. The highest BCUT2D eigenvalue weighted by atomic mass is 16.5. The molecule has 0 aromatic heterocycles. The molecule has 0 radical (unpaired) electrons. The Kier molecular flexibility index (Phi) is 3.09. The molecule has 2 unspecified atom stereocenters. The molecule has 72 valence electrons. The summed E-state index contributed by atoms with van der Waals surface area (Å²) in [7, 11) is 0. The molecule has 0 saturated carbocycles. The molecule has 0 spiro atoms. The smallest absolute Gasteiger partial charge is 0.107 e. The zero-order chi connectivity index (χ0) is 9.30. The normalized spacial score (nSPS) is 49.2. The summed E-state index contributed by atoms with van der Waals surface area (Å²) in [5.74, 6) is 0.550. The predicted octanol–water partition coefficient (Wildman–Crippen LogP) is 0.399. The van der Waals surface area contributed by atoms with Crippen molar-refractivity contribution in [3.05, 3.63) is 0 Å². The minimum absolute atomic E-state index is 0.0947. The minimum Gasteiger partial charge on any atom is -0.394 e. The van der Waals surface area contributed by atoms with Gasteiger partial charge in [-0.3, -0.25) is 0 Å². The maximum absolute atomic E-state index is 9.64. The van der Waals surface area contributed by atoms with Crippen LogP contribution in [0.3, 0.4) is 0 Å². The average Bonchev–Trinajstić information content (AvgIpc) is 2.08. The quantitative estimate of drug-likeness (QED) is 0.605. The van der Waals surface area contributed by atoms with Gasteiger partial charge in [0.1, 0.15) is 6.10 Å². The highest BCUT2D eigenvalue weighted by molar-refractivity contribution is 4.85. The van der Waals surface area contributed by atoms with E-state index in [2.05, 4.69) is 6.92 Å². The van der Waals surface area contributed by atoms with Gasteiger partial charge in [0, 0.05) is 0 Å². The summed E-state index contributed by atoms with van der Waals surface area (Å²) < 4.78 is 5.43. The first kappa shape index (κ1) is 9.96. The molecule has 1 aliphatic rings. The van der Waals surface area contributed by atoms with Gasteiger partial charge in [0.25, 0.3) is 0 Å². The van der Waals surface area contributed by atoms with Crippen LogP contribution >= 0.6 is 0 Å². The van der Waals surface area contributed by atoms with Crippen molar-refractivity contribution in [3.63, 3.8) is 0 Å². The van der Waals surface area contributed by atoms with Crippen LogP contribution in [0.25, 0.3) is 0 Å². The second-order valence-corrected chi connectivity index (χ2v) is 3.77. The topological polar surface area (TPSA) is 49.7 Å². The molecule has 5 atom stereocenters. The van der Waals surface area contributed by atoms with Gasteiger partial charge >= 0.3 is 0 Å². The molecule has 3 heteroatoms. The number of ether oxygens (including phenoxy) is 1. The molecule has 1 saturated heterocycles. The number of aliphatic hydroxyl groups excluding tert-OH is 2. The molecule has 1 aliphatic heterocycles. The fourth-order valence-electron chi connectivity index (χ4n) is 1.71. The second kappa shape index (κ2) is 3.73. The van der Waals surface area contributed by atoms with E-state index in [1.165, 1.54) is 0 Å². The van der Waals surface area contributed by atoms with E-state index in [0.717, 1.165) is 0 Å². The molecule has 1 fully saturated rings. The molecule has 2 N–H and O–H groups in total. The fourth-order valence-corrected chi connectivity index (χ4v) is 1.71. The molecule has 12 heavy (non-hydrogen) atoms. The first-order valence-electron chi connectivity index (χ1n) is 4.52. The summed E-state index contributed by atoms with van der Waals surface area (Å²) in [5.41, 5.74) is 0. The van der Waals surface area contributed by atoms with E-state index in [1.54, 1.807) is 0 Å². The van der Waals surface area contributed by atoms with E-state index in [-0.39, 0.29) is 18.6 Å². The Morgan fingerprint density at radius 3 is 2.25 bits per heavy atom. The third kappa shape index (κ3) is 1.63. The monoisotopic (exact) mass is 174 g/mol. The third-order valence-corrected chi connectivity index (χ3v) is 3.06. The van der Waals surface area contributed by atoms with Gasteiger partial charge in [-0.25, -0.2) is 0 Å². The highest BCUT2D eigenvalue weighted by Gasteiger charge is 2.37. The van der Waals surface area contributed by atoms with Crippen molar-refractivity contribution in [3.8, 4) is 0 Å². The summed E-state index contributed by atoms with van der Waals surface area (Å²) in [5, 5.41) is 18.5. The Balaban J connectivity index is 2.63. The molecule has 3 nitrogen and oxygen atoms in total. The van der Waals surface area contributed by atoms with E-state index in [0.29, 0.717) is 5.92 Å². The summed E-state index contributed by atoms with van der Waals surface area (Å²) >= 11 is 0. The summed E-state index contributed by atoms with van der Waals surface area (Å²) in [6.07, 6.45) is -0.798. The van der Waals surface area contributed by atoms with Gasteiger partial charge in [0.2, 0.25) is 0 Å². The van der Waals surface area contributed by atoms with Crippen LogP contribution in [0.15, 0.2) is 0 Å². The van der Waals surface area contributed by atoms with Crippen LogP contribution < -0.4 is 0 Å². The Morgan fingerprint density at radius 1 is 1.17 bits per heavy atom. The first-order chi connectivity index (χ1) is 5.57. The molecule has 1 heterocycles. The van der Waals surface area contributed by atoms with Crippen LogP contribution in [-0.4, -0.2) is 35.1 Å². The maximum Gasteiger partial charge on any atom is 0.107 e. The van der Waals surface area contributed by atoms with E-state index >= 15 is 0 Å². The Bertz CT molecular complexity index is 144. The standard InChI is InChI=1S/C9H18O3/c1-5-6(2)9(11)8(4-10)12-7(5)3/h5-11H,4H2,1-3H3/t5?,6-,7-,8?,9-/m1/s1. The van der Waals surface area contributed by atoms with Gasteiger partial charge < -0.3 is 14.9 Å². The van der Waals surface area contributed by atoms with Gasteiger partial charge in [-0.15, -0.1) is 0 Å². The lowest BCUT2D eigenvalue weighted by Crippen LogP contribution is -2.49. The van der Waals surface area contributed by atoms with E-state index in [4.69, 9.17) is 9.84 Å². The lowest BCUT2D eigenvalue weighted by molar-refractivity contribution is -0.174. The summed E-state index contributed by atoms with van der Waals surface area (Å²) in [6.45, 7) is 5.95. The van der Waals surface area contributed by atoms with Crippen LogP contribution in [0, 0.1) is 11.8 Å². The second-order valence-electron chi connectivity index (χ2n) is 3.77. The zero-order valence-corrected chi connectivity index (χ0v) is 7.90. The molecule has 1 rings (SSSR count). The Hall–Kier alpha value is -0.120. The fraction of sp³-hybridized carbons (Fsp3) is 1.00. The minimum atomic E-state index is -0.527.